The third kappa shape index (κ3) is 6.70. The van der Waals surface area contributed by atoms with Gasteiger partial charge in [0.25, 0.3) is 5.91 Å². The molecule has 4 rings (SSSR count). The highest BCUT2D eigenvalue weighted by Crippen LogP contribution is 2.28. The molecule has 1 heterocycles. The van der Waals surface area contributed by atoms with Gasteiger partial charge in [-0.1, -0.05) is 54.2 Å². The molecule has 9 heteroatoms. The molecule has 0 unspecified atom stereocenters. The van der Waals surface area contributed by atoms with Crippen molar-refractivity contribution in [1.29, 1.82) is 0 Å². The van der Waals surface area contributed by atoms with Crippen LogP contribution in [-0.4, -0.2) is 34.0 Å². The van der Waals surface area contributed by atoms with Gasteiger partial charge in [0.15, 0.2) is 16.7 Å². The number of carbonyl (C=O) groups is 1. The van der Waals surface area contributed by atoms with Crippen LogP contribution in [0.2, 0.25) is 0 Å². The number of rotatable bonds is 10. The summed E-state index contributed by atoms with van der Waals surface area (Å²) in [4.78, 5) is 12.5. The number of hydrogen-bond acceptors (Lipinski definition) is 7. The molecule has 0 radical (unpaired) electrons. The molecular weight excluding hydrogens is 462 g/mol. The third-order valence-electron chi connectivity index (χ3n) is 5.06. The zero-order chi connectivity index (χ0) is 24.5. The molecule has 0 bridgehead atoms. The van der Waals surface area contributed by atoms with Crippen molar-refractivity contribution in [2.24, 2.45) is 12.1 Å². The Kier molecular flexibility index (Phi) is 8.13. The monoisotopic (exact) mass is 487 g/mol. The number of thioether (sulfide) groups is 1. The Bertz CT molecular complexity index is 1290. The zero-order valence-corrected chi connectivity index (χ0v) is 20.2. The van der Waals surface area contributed by atoms with E-state index in [9.17, 15) is 4.79 Å². The van der Waals surface area contributed by atoms with Gasteiger partial charge in [-0.3, -0.25) is 4.79 Å². The van der Waals surface area contributed by atoms with E-state index in [-0.39, 0.29) is 5.91 Å². The maximum Gasteiger partial charge on any atom is 0.271 e. The Morgan fingerprint density at radius 2 is 1.86 bits per heavy atom. The topological polar surface area (TPSA) is 90.6 Å². The highest BCUT2D eigenvalue weighted by molar-refractivity contribution is 7.98. The fourth-order valence-corrected chi connectivity index (χ4v) is 4.00. The van der Waals surface area contributed by atoms with Gasteiger partial charge in [-0.25, -0.2) is 5.43 Å². The van der Waals surface area contributed by atoms with Crippen LogP contribution in [-0.2, 0) is 19.4 Å². The molecule has 0 aliphatic rings. The Morgan fingerprint density at radius 3 is 2.57 bits per heavy atom. The van der Waals surface area contributed by atoms with Crippen LogP contribution in [0, 0.1) is 0 Å². The average Bonchev–Trinajstić information content (AvgIpc) is 3.31. The lowest BCUT2D eigenvalue weighted by Gasteiger charge is -2.11. The van der Waals surface area contributed by atoms with E-state index in [1.807, 2.05) is 66.2 Å². The van der Waals surface area contributed by atoms with Gasteiger partial charge >= 0.3 is 0 Å². The Labute approximate surface area is 208 Å². The molecule has 1 N–H and O–H groups in total. The van der Waals surface area contributed by atoms with Crippen LogP contribution in [0.5, 0.6) is 11.5 Å². The van der Waals surface area contributed by atoms with Crippen LogP contribution in [0.4, 0.5) is 0 Å². The van der Waals surface area contributed by atoms with Crippen LogP contribution in [0.3, 0.4) is 0 Å². The summed E-state index contributed by atoms with van der Waals surface area (Å²) in [5.41, 5.74) is 6.00. The molecule has 3 aromatic carbocycles. The van der Waals surface area contributed by atoms with E-state index in [4.69, 9.17) is 9.47 Å². The smallest absolute Gasteiger partial charge is 0.271 e. The van der Waals surface area contributed by atoms with Gasteiger partial charge in [-0.05, 0) is 47.0 Å². The number of ether oxygens (including phenoxy) is 2. The second-order valence-corrected chi connectivity index (χ2v) is 8.54. The summed E-state index contributed by atoms with van der Waals surface area (Å²) >= 11 is 1.58. The molecule has 0 spiro atoms. The molecule has 35 heavy (non-hydrogen) atoms. The highest BCUT2D eigenvalue weighted by atomic mass is 32.2. The first-order valence-corrected chi connectivity index (χ1v) is 11.8. The lowest BCUT2D eigenvalue weighted by molar-refractivity contribution is 0.0955. The molecular formula is C26H25N5O3S. The van der Waals surface area contributed by atoms with Crippen LogP contribution in [0.25, 0.3) is 0 Å². The van der Waals surface area contributed by atoms with E-state index < -0.39 is 0 Å². The van der Waals surface area contributed by atoms with Crippen LogP contribution in [0.15, 0.2) is 89.4 Å². The van der Waals surface area contributed by atoms with Crippen LogP contribution >= 0.6 is 11.8 Å². The summed E-state index contributed by atoms with van der Waals surface area (Å²) in [6.45, 7) is 0.418. The van der Waals surface area contributed by atoms with Crippen molar-refractivity contribution < 1.29 is 14.3 Å². The first kappa shape index (κ1) is 24.0. The molecule has 0 aliphatic carbocycles. The molecule has 0 fully saturated rings. The number of benzene rings is 3. The summed E-state index contributed by atoms with van der Waals surface area (Å²) < 4.78 is 13.2. The van der Waals surface area contributed by atoms with Gasteiger partial charge in [0.2, 0.25) is 0 Å². The Balaban J connectivity index is 1.32. The number of aryl methyl sites for hydroxylation is 1. The van der Waals surface area contributed by atoms with Gasteiger partial charge in [0, 0.05) is 18.4 Å². The SMILES string of the molecule is COc1ccc(/C=N/NC(=O)c2ccc(CSc3nncn3C)cc2)cc1OCc1ccccc1. The predicted molar refractivity (Wildman–Crippen MR) is 136 cm³/mol. The van der Waals surface area contributed by atoms with Crippen molar-refractivity contribution in [3.8, 4) is 11.5 Å². The summed E-state index contributed by atoms with van der Waals surface area (Å²) in [7, 11) is 3.50. The summed E-state index contributed by atoms with van der Waals surface area (Å²) in [6, 6.07) is 22.8. The van der Waals surface area contributed by atoms with Gasteiger partial charge in [-0.15, -0.1) is 10.2 Å². The number of amides is 1. The van der Waals surface area contributed by atoms with Crippen molar-refractivity contribution in [2.45, 2.75) is 17.5 Å². The molecule has 8 nitrogen and oxygen atoms in total. The first-order valence-electron chi connectivity index (χ1n) is 10.9. The number of nitrogens with zero attached hydrogens (tertiary/aromatic N) is 4. The third-order valence-corrected chi connectivity index (χ3v) is 6.16. The van der Waals surface area contributed by atoms with Gasteiger partial charge in [0.05, 0.1) is 13.3 Å². The van der Waals surface area contributed by atoms with Crippen molar-refractivity contribution >= 4 is 23.9 Å². The lowest BCUT2D eigenvalue weighted by Crippen LogP contribution is -2.17. The van der Waals surface area contributed by atoms with Crippen molar-refractivity contribution in [3.63, 3.8) is 0 Å². The van der Waals surface area contributed by atoms with E-state index >= 15 is 0 Å². The van der Waals surface area contributed by atoms with Crippen LogP contribution in [0.1, 0.15) is 27.0 Å². The maximum absolute atomic E-state index is 12.5. The van der Waals surface area contributed by atoms with E-state index in [0.29, 0.717) is 23.7 Å². The predicted octanol–water partition coefficient (Wildman–Crippen LogP) is 4.46. The fourth-order valence-electron chi connectivity index (χ4n) is 3.16. The molecule has 1 aromatic heterocycles. The normalized spacial score (nSPS) is 10.9. The Hall–Kier alpha value is -4.11. The largest absolute Gasteiger partial charge is 0.493 e. The minimum atomic E-state index is -0.289. The first-order chi connectivity index (χ1) is 17.1. The number of hydrogen-bond donors (Lipinski definition) is 1. The minimum absolute atomic E-state index is 0.289. The summed E-state index contributed by atoms with van der Waals surface area (Å²) in [6.07, 6.45) is 3.24. The molecule has 0 saturated heterocycles. The fraction of sp³-hybridized carbons (Fsp3) is 0.154. The molecule has 1 amide bonds. The quantitative estimate of drug-likeness (QED) is 0.202. The van der Waals surface area contributed by atoms with Crippen molar-refractivity contribution in [1.82, 2.24) is 20.2 Å². The van der Waals surface area contributed by atoms with E-state index in [0.717, 1.165) is 27.6 Å². The molecule has 178 valence electrons. The van der Waals surface area contributed by atoms with E-state index in [1.54, 1.807) is 49.6 Å². The van der Waals surface area contributed by atoms with E-state index in [1.165, 1.54) is 0 Å². The van der Waals surface area contributed by atoms with Crippen molar-refractivity contribution in [3.05, 3.63) is 101 Å². The molecule has 0 aliphatic heterocycles. The summed E-state index contributed by atoms with van der Waals surface area (Å²) in [5, 5.41) is 12.9. The van der Waals surface area contributed by atoms with E-state index in [2.05, 4.69) is 20.7 Å². The van der Waals surface area contributed by atoms with Gasteiger partial charge < -0.3 is 14.0 Å². The average molecular weight is 488 g/mol. The summed E-state index contributed by atoms with van der Waals surface area (Å²) in [5.74, 6) is 1.67. The number of methoxy groups -OCH3 is 1. The minimum Gasteiger partial charge on any atom is -0.493 e. The van der Waals surface area contributed by atoms with Gasteiger partial charge in [-0.2, -0.15) is 5.10 Å². The second-order valence-electron chi connectivity index (χ2n) is 7.59. The standard InChI is InChI=1S/C26H25N5O3S/c1-31-18-28-30-26(31)35-17-20-8-11-22(12-9-20)25(32)29-27-15-21-10-13-23(33-2)24(14-21)34-16-19-6-4-3-5-7-19/h3-15,18H,16-17H2,1-2H3,(H,29,32)/b27-15+. The number of nitrogens with one attached hydrogen (secondary N) is 1. The zero-order valence-electron chi connectivity index (χ0n) is 19.4. The Morgan fingerprint density at radius 1 is 1.06 bits per heavy atom. The second kappa shape index (κ2) is 11.8. The van der Waals surface area contributed by atoms with Crippen LogP contribution < -0.4 is 14.9 Å². The number of aromatic nitrogens is 3. The maximum atomic E-state index is 12.5. The molecule has 4 aromatic rings. The number of carbonyl (C=O) groups excluding carboxylic acids is 1. The molecule has 0 atom stereocenters. The van der Waals surface area contributed by atoms with Gasteiger partial charge in [0.1, 0.15) is 12.9 Å². The molecule has 0 saturated carbocycles. The lowest BCUT2D eigenvalue weighted by atomic mass is 10.1. The number of hydrazone groups is 1. The highest BCUT2D eigenvalue weighted by Gasteiger charge is 2.08. The van der Waals surface area contributed by atoms with Crippen molar-refractivity contribution in [2.75, 3.05) is 7.11 Å².